The summed E-state index contributed by atoms with van der Waals surface area (Å²) in [5.74, 6) is 0.582. The molecule has 1 amide bonds. The van der Waals surface area contributed by atoms with E-state index in [1.54, 1.807) is 12.1 Å². The number of nitrogens with zero attached hydrogens (tertiary/aromatic N) is 2. The van der Waals surface area contributed by atoms with E-state index in [0.717, 1.165) is 108 Å². The van der Waals surface area contributed by atoms with E-state index in [1.807, 2.05) is 127 Å². The molecule has 0 radical (unpaired) electrons. The number of nitrogens with one attached hydrogen (secondary N) is 3. The number of piperidine rings is 2. The van der Waals surface area contributed by atoms with Gasteiger partial charge in [-0.15, -0.1) is 0 Å². The van der Waals surface area contributed by atoms with Crippen LogP contribution in [0.1, 0.15) is 119 Å². The fourth-order valence-corrected chi connectivity index (χ4v) is 10.2. The first-order valence-corrected chi connectivity index (χ1v) is 25.3. The smallest absolute Gasteiger partial charge is 0.253 e. The second kappa shape index (κ2) is 24.6. The van der Waals surface area contributed by atoms with Crippen molar-refractivity contribution in [2.45, 2.75) is 89.1 Å². The van der Waals surface area contributed by atoms with Crippen LogP contribution in [0.25, 0.3) is 21.5 Å². The molecule has 2 spiro atoms. The van der Waals surface area contributed by atoms with Gasteiger partial charge in [0.05, 0.1) is 0 Å². The molecule has 5 N–H and O–H groups in total. The molecule has 11 heteroatoms. The van der Waals surface area contributed by atoms with Crippen molar-refractivity contribution in [3.05, 3.63) is 156 Å². The summed E-state index contributed by atoms with van der Waals surface area (Å²) in [5, 5.41) is 14.7. The average Bonchev–Trinajstić information content (AvgIpc) is 3.84. The SMILES string of the molecule is CCN.CCN1CCCC1.O=C(Cl)c1ccc2ccccc2c1.O=C1CCC2(CCN(C(=O)c3ccc4ccccc4c3)CC2)Nc2ccccc21.O=C1CCC2(CCNCC2)Nc2ccccc21. The van der Waals surface area contributed by atoms with Crippen LogP contribution >= 0.6 is 11.6 Å². The Kier molecular flexibility index (Phi) is 18.2. The topological polar surface area (TPSA) is 137 Å². The fourth-order valence-electron chi connectivity index (χ4n) is 10.1. The summed E-state index contributed by atoms with van der Waals surface area (Å²) < 4.78 is 0. The number of ketones is 2. The van der Waals surface area contributed by atoms with Gasteiger partial charge in [0.25, 0.3) is 11.1 Å². The van der Waals surface area contributed by atoms with Crippen molar-refractivity contribution in [2.24, 2.45) is 5.73 Å². The van der Waals surface area contributed by atoms with Crippen LogP contribution in [0.15, 0.2) is 133 Å². The molecular weight excluding hydrogens is 880 g/mol. The Morgan fingerprint density at radius 2 is 1.00 bits per heavy atom. The van der Waals surface area contributed by atoms with Gasteiger partial charge in [-0.2, -0.15) is 0 Å². The molecule has 69 heavy (non-hydrogen) atoms. The van der Waals surface area contributed by atoms with Crippen molar-refractivity contribution in [2.75, 3.05) is 63.0 Å². The lowest BCUT2D eigenvalue weighted by atomic mass is 9.83. The highest BCUT2D eigenvalue weighted by atomic mass is 35.5. The standard InChI is InChI=1S/C25H24N2O2.C14H18N2O.C11H7ClO.C6H13N.C2H7N/c28-23-11-12-25(26-22-8-4-3-7-21(22)23)13-15-27(16-14-25)24(29)20-10-9-18-5-1-2-6-19(18)17-20;17-13-5-6-14(7-9-15-10-8-14)16-12-4-2-1-3-11(12)13;12-11(13)10-6-5-8-3-1-2-4-9(8)7-10;1-2-7-5-3-4-6-7;1-2-3/h1-10,17,26H,11-16H2;1-4,15-16H,5-10H2;1-7H;2-6H2,1H3;2-3H2,1H3. The number of fused-ring (bicyclic) bond motifs is 4. The molecule has 10 nitrogen and oxygen atoms in total. The number of Topliss-reactive ketones (excluding diaryl/α,β-unsaturated/α-hetero) is 2. The van der Waals surface area contributed by atoms with Crippen molar-refractivity contribution in [1.29, 1.82) is 0 Å². The molecule has 0 aromatic heterocycles. The molecule has 0 bridgehead atoms. The van der Waals surface area contributed by atoms with Gasteiger partial charge in [0.1, 0.15) is 0 Å². The minimum absolute atomic E-state index is 0.0932. The van der Waals surface area contributed by atoms with Gasteiger partial charge in [0.2, 0.25) is 0 Å². The van der Waals surface area contributed by atoms with Gasteiger partial charge in [-0.1, -0.05) is 98.8 Å². The maximum atomic E-state index is 13.1. The zero-order chi connectivity index (χ0) is 48.6. The van der Waals surface area contributed by atoms with Crippen LogP contribution in [0.4, 0.5) is 11.4 Å². The van der Waals surface area contributed by atoms with E-state index in [2.05, 4.69) is 33.8 Å². The zero-order valence-electron chi connectivity index (χ0n) is 40.4. The molecule has 5 heterocycles. The summed E-state index contributed by atoms with van der Waals surface area (Å²) in [6.45, 7) is 12.3. The number of para-hydroxylation sites is 2. The molecule has 5 aliphatic rings. The molecule has 362 valence electrons. The Bertz CT molecular complexity index is 2680. The normalized spacial score (nSPS) is 17.8. The van der Waals surface area contributed by atoms with E-state index in [-0.39, 0.29) is 28.6 Å². The van der Waals surface area contributed by atoms with Crippen molar-refractivity contribution < 1.29 is 19.2 Å². The number of carbonyl (C=O) groups excluding carboxylic acids is 4. The lowest BCUT2D eigenvalue weighted by molar-refractivity contribution is 0.0673. The van der Waals surface area contributed by atoms with E-state index < -0.39 is 5.24 Å². The minimum Gasteiger partial charge on any atom is -0.379 e. The van der Waals surface area contributed by atoms with Gasteiger partial charge in [-0.3, -0.25) is 19.2 Å². The van der Waals surface area contributed by atoms with Crippen molar-refractivity contribution in [1.82, 2.24) is 15.1 Å². The van der Waals surface area contributed by atoms with Crippen LogP contribution in [0.2, 0.25) is 0 Å². The molecule has 6 aromatic carbocycles. The molecule has 0 unspecified atom stereocenters. The van der Waals surface area contributed by atoms with Crippen LogP contribution in [-0.2, 0) is 0 Å². The van der Waals surface area contributed by atoms with E-state index in [0.29, 0.717) is 31.5 Å². The van der Waals surface area contributed by atoms with Gasteiger partial charge in [0, 0.05) is 70.6 Å². The maximum absolute atomic E-state index is 13.1. The van der Waals surface area contributed by atoms with Gasteiger partial charge in [-0.05, 0) is 172 Å². The van der Waals surface area contributed by atoms with E-state index in [1.165, 1.54) is 32.5 Å². The third-order valence-electron chi connectivity index (χ3n) is 14.1. The Labute approximate surface area is 413 Å². The minimum atomic E-state index is -0.411. The largest absolute Gasteiger partial charge is 0.379 e. The summed E-state index contributed by atoms with van der Waals surface area (Å²) in [7, 11) is 0. The third kappa shape index (κ3) is 13.5. The number of anilines is 2. The number of halogens is 1. The van der Waals surface area contributed by atoms with E-state index >= 15 is 0 Å². The number of benzene rings is 6. The van der Waals surface area contributed by atoms with Crippen LogP contribution in [0.5, 0.6) is 0 Å². The average molecular weight is 950 g/mol. The molecule has 0 aliphatic carbocycles. The van der Waals surface area contributed by atoms with Crippen LogP contribution in [0.3, 0.4) is 0 Å². The number of hydrogen-bond donors (Lipinski definition) is 4. The summed E-state index contributed by atoms with van der Waals surface area (Å²) in [6.07, 6.45) is 9.78. The summed E-state index contributed by atoms with van der Waals surface area (Å²) in [4.78, 5) is 52.9. The lowest BCUT2D eigenvalue weighted by Gasteiger charge is -2.42. The number of carbonyl (C=O) groups is 4. The van der Waals surface area contributed by atoms with Crippen molar-refractivity contribution in [3.8, 4) is 0 Å². The van der Waals surface area contributed by atoms with Crippen LogP contribution < -0.4 is 21.7 Å². The van der Waals surface area contributed by atoms with Gasteiger partial charge in [-0.25, -0.2) is 0 Å². The first kappa shape index (κ1) is 51.0. The third-order valence-corrected chi connectivity index (χ3v) is 14.3. The lowest BCUT2D eigenvalue weighted by Crippen LogP contribution is -2.50. The quantitative estimate of drug-likeness (QED) is 0.128. The molecule has 3 saturated heterocycles. The van der Waals surface area contributed by atoms with Crippen molar-refractivity contribution >= 4 is 67.2 Å². The number of likely N-dealkylation sites (tertiary alicyclic amines) is 2. The number of nitrogens with two attached hydrogens (primary N) is 1. The Morgan fingerprint density at radius 1 is 0.565 bits per heavy atom. The van der Waals surface area contributed by atoms with Gasteiger partial charge in [0.15, 0.2) is 11.6 Å². The Hall–Kier alpha value is -5.91. The zero-order valence-corrected chi connectivity index (χ0v) is 41.2. The first-order chi connectivity index (χ1) is 33.5. The van der Waals surface area contributed by atoms with E-state index in [9.17, 15) is 19.2 Å². The molecule has 0 saturated carbocycles. The molecule has 11 rings (SSSR count). The second-order valence-electron chi connectivity index (χ2n) is 18.7. The fraction of sp³-hybridized carbons (Fsp3) is 0.379. The summed E-state index contributed by atoms with van der Waals surface area (Å²) in [5.41, 5.74) is 9.77. The molecule has 5 aliphatic heterocycles. The monoisotopic (exact) mass is 949 g/mol. The second-order valence-corrected chi connectivity index (χ2v) is 19.1. The highest BCUT2D eigenvalue weighted by molar-refractivity contribution is 6.67. The van der Waals surface area contributed by atoms with E-state index in [4.69, 9.17) is 17.3 Å². The van der Waals surface area contributed by atoms with Crippen molar-refractivity contribution in [3.63, 3.8) is 0 Å². The number of amides is 1. The van der Waals surface area contributed by atoms with Crippen LogP contribution in [0, 0.1) is 0 Å². The summed E-state index contributed by atoms with van der Waals surface area (Å²) >= 11 is 5.36. The predicted molar refractivity (Wildman–Crippen MR) is 284 cm³/mol. The summed E-state index contributed by atoms with van der Waals surface area (Å²) in [6, 6.07) is 43.0. The van der Waals surface area contributed by atoms with Crippen LogP contribution in [-0.4, -0.2) is 96.0 Å². The maximum Gasteiger partial charge on any atom is 0.253 e. The Morgan fingerprint density at radius 3 is 1.48 bits per heavy atom. The Balaban J connectivity index is 0.000000148. The molecular formula is C58H69ClN6O4. The van der Waals surface area contributed by atoms with Gasteiger partial charge >= 0.3 is 0 Å². The highest BCUT2D eigenvalue weighted by Gasteiger charge is 2.39. The molecule has 0 atom stereocenters. The first-order valence-electron chi connectivity index (χ1n) is 25.0. The molecule has 6 aromatic rings. The van der Waals surface area contributed by atoms with Gasteiger partial charge < -0.3 is 31.5 Å². The highest BCUT2D eigenvalue weighted by Crippen LogP contribution is 2.37. The predicted octanol–water partition coefficient (Wildman–Crippen LogP) is 11.4. The number of rotatable bonds is 3. The molecule has 3 fully saturated rings. The number of hydrogen-bond acceptors (Lipinski definition) is 9.